The fourth-order valence-corrected chi connectivity index (χ4v) is 4.34. The molecule has 30 heavy (non-hydrogen) atoms. The van der Waals surface area contributed by atoms with Gasteiger partial charge in [-0.2, -0.15) is 0 Å². The van der Waals surface area contributed by atoms with Gasteiger partial charge < -0.3 is 14.4 Å². The summed E-state index contributed by atoms with van der Waals surface area (Å²) in [4.78, 5) is 17.0. The van der Waals surface area contributed by atoms with Crippen molar-refractivity contribution >= 4 is 16.8 Å². The van der Waals surface area contributed by atoms with Crippen molar-refractivity contribution in [3.05, 3.63) is 71.7 Å². The van der Waals surface area contributed by atoms with Crippen LogP contribution in [0.15, 0.2) is 54.7 Å². The van der Waals surface area contributed by atoms with E-state index in [-0.39, 0.29) is 11.7 Å². The number of amides is 1. The highest BCUT2D eigenvalue weighted by Crippen LogP contribution is 2.24. The highest BCUT2D eigenvalue weighted by atomic mass is 19.1. The van der Waals surface area contributed by atoms with Crippen LogP contribution in [-0.4, -0.2) is 53.0 Å². The molecule has 1 aliphatic rings. The Hall–Kier alpha value is -2.66. The second kappa shape index (κ2) is 9.43. The number of hydrogen-bond acceptors (Lipinski definition) is 2. The van der Waals surface area contributed by atoms with Crippen LogP contribution in [0.2, 0.25) is 0 Å². The number of likely N-dealkylation sites (N-methyl/N-ethyl adjacent to an activating group) is 1. The summed E-state index contributed by atoms with van der Waals surface area (Å²) in [6.45, 7) is 7.61. The van der Waals surface area contributed by atoms with E-state index in [4.69, 9.17) is 0 Å². The third kappa shape index (κ3) is 4.73. The highest BCUT2D eigenvalue weighted by molar-refractivity contribution is 5.84. The van der Waals surface area contributed by atoms with E-state index < -0.39 is 0 Å². The van der Waals surface area contributed by atoms with E-state index in [9.17, 15) is 9.18 Å². The Morgan fingerprint density at radius 1 is 1.00 bits per heavy atom. The van der Waals surface area contributed by atoms with Gasteiger partial charge in [0.15, 0.2) is 0 Å². The molecule has 0 saturated carbocycles. The maximum Gasteiger partial charge on any atom is 0.222 e. The van der Waals surface area contributed by atoms with E-state index in [0.29, 0.717) is 13.0 Å². The molecule has 4 nitrogen and oxygen atoms in total. The van der Waals surface area contributed by atoms with Gasteiger partial charge in [-0.25, -0.2) is 4.39 Å². The van der Waals surface area contributed by atoms with Crippen LogP contribution >= 0.6 is 0 Å². The topological polar surface area (TPSA) is 28.5 Å². The Morgan fingerprint density at radius 2 is 1.73 bits per heavy atom. The number of rotatable bonds is 7. The second-order valence-corrected chi connectivity index (χ2v) is 8.09. The van der Waals surface area contributed by atoms with Crippen molar-refractivity contribution < 1.29 is 9.18 Å². The summed E-state index contributed by atoms with van der Waals surface area (Å²) in [5.74, 6) is 0.0679. The molecule has 3 aromatic rings. The molecule has 2 aromatic carbocycles. The zero-order valence-corrected chi connectivity index (χ0v) is 17.7. The molecular weight excluding hydrogens is 377 g/mol. The Kier molecular flexibility index (Phi) is 6.48. The van der Waals surface area contributed by atoms with E-state index in [2.05, 4.69) is 40.8 Å². The van der Waals surface area contributed by atoms with E-state index in [1.54, 1.807) is 0 Å². The number of halogens is 1. The van der Waals surface area contributed by atoms with Gasteiger partial charge in [0.2, 0.25) is 5.91 Å². The fraction of sp³-hybridized carbons (Fsp3) is 0.400. The standard InChI is InChI=1S/C25H30FN3O/c1-2-27-14-16-28(17-15-27)25(30)9-5-6-21-19-29(24-8-4-3-7-23(21)24)18-20-10-12-22(26)13-11-20/h3-4,7-8,10-13,19H,2,5-6,9,14-18H2,1H3. The molecule has 1 aromatic heterocycles. The van der Waals surface area contributed by atoms with Crippen molar-refractivity contribution in [2.24, 2.45) is 0 Å². The minimum atomic E-state index is -0.211. The van der Waals surface area contributed by atoms with Crippen LogP contribution in [0.3, 0.4) is 0 Å². The molecule has 1 saturated heterocycles. The number of carbonyl (C=O) groups is 1. The number of nitrogens with zero attached hydrogens (tertiary/aromatic N) is 3. The number of carbonyl (C=O) groups excluding carboxylic acids is 1. The smallest absolute Gasteiger partial charge is 0.222 e. The van der Waals surface area contributed by atoms with Crippen LogP contribution in [0.25, 0.3) is 10.9 Å². The van der Waals surface area contributed by atoms with E-state index in [0.717, 1.165) is 51.1 Å². The molecule has 1 amide bonds. The van der Waals surface area contributed by atoms with Gasteiger partial charge in [-0.05, 0) is 48.7 Å². The maximum atomic E-state index is 13.2. The van der Waals surface area contributed by atoms with Crippen LogP contribution in [0.5, 0.6) is 0 Å². The van der Waals surface area contributed by atoms with Gasteiger partial charge in [0, 0.05) is 56.2 Å². The minimum absolute atomic E-state index is 0.211. The molecule has 158 valence electrons. The first-order valence-electron chi connectivity index (χ1n) is 11.0. The molecule has 0 bridgehead atoms. The van der Waals surface area contributed by atoms with Crippen molar-refractivity contribution in [2.75, 3.05) is 32.7 Å². The van der Waals surface area contributed by atoms with Crippen molar-refractivity contribution in [3.8, 4) is 0 Å². The van der Waals surface area contributed by atoms with Crippen molar-refractivity contribution in [1.29, 1.82) is 0 Å². The number of hydrogen-bond donors (Lipinski definition) is 0. The summed E-state index contributed by atoms with van der Waals surface area (Å²) in [7, 11) is 0. The Labute approximate surface area is 177 Å². The van der Waals surface area contributed by atoms with Crippen LogP contribution in [-0.2, 0) is 17.8 Å². The molecule has 0 radical (unpaired) electrons. The summed E-state index contributed by atoms with van der Waals surface area (Å²) in [6.07, 6.45) is 4.54. The summed E-state index contributed by atoms with van der Waals surface area (Å²) < 4.78 is 15.4. The largest absolute Gasteiger partial charge is 0.343 e. The molecule has 1 fully saturated rings. The lowest BCUT2D eigenvalue weighted by atomic mass is 10.1. The number of benzene rings is 2. The predicted octanol–water partition coefficient (Wildman–Crippen LogP) is 4.32. The lowest BCUT2D eigenvalue weighted by Crippen LogP contribution is -2.48. The molecule has 4 rings (SSSR count). The second-order valence-electron chi connectivity index (χ2n) is 8.09. The Morgan fingerprint density at radius 3 is 2.47 bits per heavy atom. The molecule has 0 spiro atoms. The van der Waals surface area contributed by atoms with Crippen LogP contribution in [0.1, 0.15) is 30.9 Å². The summed E-state index contributed by atoms with van der Waals surface area (Å²) in [5.41, 5.74) is 3.53. The quantitative estimate of drug-likeness (QED) is 0.584. The van der Waals surface area contributed by atoms with Crippen molar-refractivity contribution in [1.82, 2.24) is 14.4 Å². The molecule has 0 atom stereocenters. The van der Waals surface area contributed by atoms with Crippen LogP contribution in [0.4, 0.5) is 4.39 Å². The van der Waals surface area contributed by atoms with Gasteiger partial charge in [0.05, 0.1) is 0 Å². The zero-order chi connectivity index (χ0) is 20.9. The molecule has 0 unspecified atom stereocenters. The van der Waals surface area contributed by atoms with Gasteiger partial charge in [0.1, 0.15) is 5.82 Å². The first kappa shape index (κ1) is 20.6. The molecular formula is C25H30FN3O. The predicted molar refractivity (Wildman–Crippen MR) is 119 cm³/mol. The van der Waals surface area contributed by atoms with E-state index >= 15 is 0 Å². The van der Waals surface area contributed by atoms with Gasteiger partial charge in [-0.3, -0.25) is 4.79 Å². The molecule has 1 aliphatic heterocycles. The SMILES string of the molecule is CCN1CCN(C(=O)CCCc2cn(Cc3ccc(F)cc3)c3ccccc23)CC1. The number of para-hydroxylation sites is 1. The Bertz CT molecular complexity index is 987. The maximum absolute atomic E-state index is 13.2. The average molecular weight is 408 g/mol. The van der Waals surface area contributed by atoms with Crippen LogP contribution < -0.4 is 0 Å². The molecule has 0 aliphatic carbocycles. The van der Waals surface area contributed by atoms with Gasteiger partial charge in [-0.15, -0.1) is 0 Å². The first-order valence-corrected chi connectivity index (χ1v) is 11.0. The van der Waals surface area contributed by atoms with Crippen molar-refractivity contribution in [3.63, 3.8) is 0 Å². The van der Waals surface area contributed by atoms with Gasteiger partial charge in [0.25, 0.3) is 0 Å². The normalized spacial score (nSPS) is 15.1. The minimum Gasteiger partial charge on any atom is -0.343 e. The summed E-state index contributed by atoms with van der Waals surface area (Å²) in [6, 6.07) is 15.1. The first-order chi connectivity index (χ1) is 14.6. The third-order valence-corrected chi connectivity index (χ3v) is 6.15. The molecule has 0 N–H and O–H groups in total. The number of fused-ring (bicyclic) bond motifs is 1. The summed E-state index contributed by atoms with van der Waals surface area (Å²) in [5, 5.41) is 1.24. The number of aryl methyl sites for hydroxylation is 1. The molecule has 2 heterocycles. The number of aromatic nitrogens is 1. The lowest BCUT2D eigenvalue weighted by Gasteiger charge is -2.34. The molecule has 5 heteroatoms. The number of piperazine rings is 1. The van der Waals surface area contributed by atoms with E-state index in [1.165, 1.54) is 28.6 Å². The van der Waals surface area contributed by atoms with Crippen molar-refractivity contribution in [2.45, 2.75) is 32.7 Å². The lowest BCUT2D eigenvalue weighted by molar-refractivity contribution is -0.133. The fourth-order valence-electron chi connectivity index (χ4n) is 4.34. The zero-order valence-electron chi connectivity index (χ0n) is 17.7. The Balaban J connectivity index is 1.39. The van der Waals surface area contributed by atoms with Gasteiger partial charge in [-0.1, -0.05) is 37.3 Å². The van der Waals surface area contributed by atoms with Gasteiger partial charge >= 0.3 is 0 Å². The summed E-state index contributed by atoms with van der Waals surface area (Å²) >= 11 is 0. The average Bonchev–Trinajstić information content (AvgIpc) is 3.13. The highest BCUT2D eigenvalue weighted by Gasteiger charge is 2.19. The monoisotopic (exact) mass is 407 g/mol. The van der Waals surface area contributed by atoms with Crippen LogP contribution in [0, 0.1) is 5.82 Å². The third-order valence-electron chi connectivity index (χ3n) is 6.15. The van der Waals surface area contributed by atoms with E-state index in [1.807, 2.05) is 23.1 Å².